The molecule has 0 aliphatic heterocycles. The molecule has 1 N–H and O–H groups in total. The van der Waals surface area contributed by atoms with Crippen LogP contribution >= 0.6 is 11.6 Å². The van der Waals surface area contributed by atoms with Crippen molar-refractivity contribution in [3.05, 3.63) is 29.3 Å². The molecule has 1 aliphatic rings. The molecular weight excluding hydrogens is 306 g/mol. The lowest BCUT2D eigenvalue weighted by molar-refractivity contribution is -0.153. The van der Waals surface area contributed by atoms with E-state index in [0.717, 1.165) is 12.8 Å². The summed E-state index contributed by atoms with van der Waals surface area (Å²) >= 11 is 6.05. The molecule has 1 fully saturated rings. The van der Waals surface area contributed by atoms with Gasteiger partial charge in [0.15, 0.2) is 6.10 Å². The molecule has 1 saturated carbocycles. The largest absolute Gasteiger partial charge is 0.480 e. The summed E-state index contributed by atoms with van der Waals surface area (Å²) in [6.07, 6.45) is 1.39. The summed E-state index contributed by atoms with van der Waals surface area (Å²) < 4.78 is 5.73. The highest BCUT2D eigenvalue weighted by Crippen LogP contribution is 2.31. The fraction of sp³-hybridized carbons (Fsp3) is 0.500. The highest BCUT2D eigenvalue weighted by atomic mass is 35.5. The zero-order valence-corrected chi connectivity index (χ0v) is 13.4. The lowest BCUT2D eigenvalue weighted by Crippen LogP contribution is -2.50. The van der Waals surface area contributed by atoms with Crippen LogP contribution in [0.3, 0.4) is 0 Å². The van der Waals surface area contributed by atoms with Crippen molar-refractivity contribution in [2.24, 2.45) is 0 Å². The monoisotopic (exact) mass is 325 g/mol. The van der Waals surface area contributed by atoms with Crippen LogP contribution in [0.1, 0.15) is 33.1 Å². The average molecular weight is 326 g/mol. The third-order valence-corrected chi connectivity index (χ3v) is 4.03. The van der Waals surface area contributed by atoms with E-state index in [2.05, 4.69) is 0 Å². The number of benzene rings is 1. The Hall–Kier alpha value is -1.75. The maximum atomic E-state index is 12.7. The van der Waals surface area contributed by atoms with E-state index < -0.39 is 18.1 Å². The Morgan fingerprint density at radius 2 is 2.05 bits per heavy atom. The van der Waals surface area contributed by atoms with E-state index in [-0.39, 0.29) is 11.9 Å². The van der Waals surface area contributed by atoms with Gasteiger partial charge in [-0.1, -0.05) is 30.7 Å². The van der Waals surface area contributed by atoms with Crippen molar-refractivity contribution in [2.75, 3.05) is 0 Å². The van der Waals surface area contributed by atoms with Crippen LogP contribution < -0.4 is 4.74 Å². The Balaban J connectivity index is 2.16. The Kier molecular flexibility index (Phi) is 5.29. The van der Waals surface area contributed by atoms with E-state index in [4.69, 9.17) is 16.3 Å². The first-order chi connectivity index (χ1) is 10.5. The number of carbonyl (C=O) groups excluding carboxylic acids is 1. The third kappa shape index (κ3) is 3.71. The molecule has 2 rings (SSSR count). The van der Waals surface area contributed by atoms with Crippen molar-refractivity contribution in [3.8, 4) is 5.75 Å². The smallest absolute Gasteiger partial charge is 0.326 e. The maximum Gasteiger partial charge on any atom is 0.326 e. The van der Waals surface area contributed by atoms with Crippen LogP contribution in [0.2, 0.25) is 5.02 Å². The normalized spacial score (nSPS) is 16.7. The molecule has 1 aliphatic carbocycles. The first kappa shape index (κ1) is 16.6. The molecule has 1 amide bonds. The average Bonchev–Trinajstić information content (AvgIpc) is 3.31. The van der Waals surface area contributed by atoms with Gasteiger partial charge < -0.3 is 14.7 Å². The van der Waals surface area contributed by atoms with Gasteiger partial charge >= 0.3 is 5.97 Å². The van der Waals surface area contributed by atoms with Gasteiger partial charge in [-0.3, -0.25) is 4.79 Å². The SMILES string of the molecule is CCC(Oc1ccccc1Cl)C(=O)N(C1CC1)C(C)C(=O)O. The van der Waals surface area contributed by atoms with Crippen molar-refractivity contribution in [2.45, 2.75) is 51.3 Å². The molecule has 0 saturated heterocycles. The third-order valence-electron chi connectivity index (χ3n) is 3.72. The van der Waals surface area contributed by atoms with E-state index in [0.29, 0.717) is 17.2 Å². The summed E-state index contributed by atoms with van der Waals surface area (Å²) in [5.41, 5.74) is 0. The molecule has 22 heavy (non-hydrogen) atoms. The van der Waals surface area contributed by atoms with E-state index in [1.807, 2.05) is 6.92 Å². The van der Waals surface area contributed by atoms with Gasteiger partial charge in [0.2, 0.25) is 0 Å². The molecule has 0 spiro atoms. The second-order valence-corrected chi connectivity index (χ2v) is 5.84. The molecule has 6 heteroatoms. The first-order valence-electron chi connectivity index (χ1n) is 7.41. The number of halogens is 1. The van der Waals surface area contributed by atoms with Gasteiger partial charge in [-0.15, -0.1) is 0 Å². The number of nitrogens with zero attached hydrogens (tertiary/aromatic N) is 1. The lowest BCUT2D eigenvalue weighted by Gasteiger charge is -2.30. The minimum absolute atomic E-state index is 0.00231. The first-order valence-corrected chi connectivity index (χ1v) is 7.79. The van der Waals surface area contributed by atoms with Crippen LogP contribution in [-0.4, -0.2) is 40.1 Å². The van der Waals surface area contributed by atoms with Crippen molar-refractivity contribution < 1.29 is 19.4 Å². The fourth-order valence-corrected chi connectivity index (χ4v) is 2.51. The van der Waals surface area contributed by atoms with Crippen LogP contribution in [0.5, 0.6) is 5.75 Å². The number of carbonyl (C=O) groups is 2. The molecule has 0 aromatic heterocycles. The van der Waals surface area contributed by atoms with Crippen LogP contribution in [0.15, 0.2) is 24.3 Å². The molecule has 120 valence electrons. The fourth-order valence-electron chi connectivity index (χ4n) is 2.33. The van der Waals surface area contributed by atoms with E-state index in [1.165, 1.54) is 11.8 Å². The molecule has 5 nitrogen and oxygen atoms in total. The summed E-state index contributed by atoms with van der Waals surface area (Å²) in [6, 6.07) is 6.08. The molecule has 1 aromatic rings. The molecule has 2 unspecified atom stereocenters. The standard InChI is InChI=1S/C16H20ClNO4/c1-3-13(22-14-7-5-4-6-12(14)17)15(19)18(11-8-9-11)10(2)16(20)21/h4-7,10-11,13H,3,8-9H2,1-2H3,(H,20,21). The van der Waals surface area contributed by atoms with Crippen molar-refractivity contribution >= 4 is 23.5 Å². The highest BCUT2D eigenvalue weighted by molar-refractivity contribution is 6.32. The zero-order valence-electron chi connectivity index (χ0n) is 12.7. The number of carboxylic acids is 1. The number of amides is 1. The van der Waals surface area contributed by atoms with E-state index >= 15 is 0 Å². The minimum atomic E-state index is -1.01. The minimum Gasteiger partial charge on any atom is -0.480 e. The van der Waals surface area contributed by atoms with Gasteiger partial charge in [0, 0.05) is 6.04 Å². The summed E-state index contributed by atoms with van der Waals surface area (Å²) in [6.45, 7) is 3.36. The van der Waals surface area contributed by atoms with Gasteiger partial charge in [-0.25, -0.2) is 4.79 Å². The van der Waals surface area contributed by atoms with Crippen LogP contribution in [0.25, 0.3) is 0 Å². The number of rotatable bonds is 7. The quantitative estimate of drug-likeness (QED) is 0.837. The molecule has 0 bridgehead atoms. The van der Waals surface area contributed by atoms with Gasteiger partial charge in [0.25, 0.3) is 5.91 Å². The van der Waals surface area contributed by atoms with Gasteiger partial charge in [0.1, 0.15) is 11.8 Å². The second-order valence-electron chi connectivity index (χ2n) is 5.44. The highest BCUT2D eigenvalue weighted by Gasteiger charge is 2.41. The molecule has 0 heterocycles. The van der Waals surface area contributed by atoms with Crippen molar-refractivity contribution in [3.63, 3.8) is 0 Å². The number of hydrogen-bond acceptors (Lipinski definition) is 3. The Bertz CT molecular complexity index is 559. The van der Waals surface area contributed by atoms with Gasteiger partial charge in [-0.2, -0.15) is 0 Å². The van der Waals surface area contributed by atoms with E-state index in [1.54, 1.807) is 24.3 Å². The number of carboxylic acid groups (broad SMARTS) is 1. The second kappa shape index (κ2) is 7.01. The van der Waals surface area contributed by atoms with Crippen LogP contribution in [0.4, 0.5) is 0 Å². The molecule has 0 radical (unpaired) electrons. The molecule has 1 aromatic carbocycles. The van der Waals surface area contributed by atoms with Gasteiger partial charge in [0.05, 0.1) is 5.02 Å². The predicted octanol–water partition coefficient (Wildman–Crippen LogP) is 2.96. The topological polar surface area (TPSA) is 66.8 Å². The maximum absolute atomic E-state index is 12.7. The number of aliphatic carboxylic acids is 1. The summed E-state index contributed by atoms with van der Waals surface area (Å²) in [5.74, 6) is -0.865. The molecule has 2 atom stereocenters. The van der Waals surface area contributed by atoms with Crippen LogP contribution in [0, 0.1) is 0 Å². The predicted molar refractivity (Wildman–Crippen MR) is 83.1 cm³/mol. The Morgan fingerprint density at radius 1 is 1.41 bits per heavy atom. The van der Waals surface area contributed by atoms with Gasteiger partial charge in [-0.05, 0) is 38.3 Å². The van der Waals surface area contributed by atoms with Crippen molar-refractivity contribution in [1.82, 2.24) is 4.90 Å². The lowest BCUT2D eigenvalue weighted by atomic mass is 10.2. The van der Waals surface area contributed by atoms with Crippen molar-refractivity contribution in [1.29, 1.82) is 0 Å². The Labute approximate surface area is 134 Å². The molecular formula is C16H20ClNO4. The number of para-hydroxylation sites is 1. The summed E-state index contributed by atoms with van der Waals surface area (Å²) in [4.78, 5) is 25.4. The van der Waals surface area contributed by atoms with Crippen LogP contribution in [-0.2, 0) is 9.59 Å². The summed E-state index contributed by atoms with van der Waals surface area (Å²) in [7, 11) is 0. The summed E-state index contributed by atoms with van der Waals surface area (Å²) in [5, 5.41) is 9.64. The zero-order chi connectivity index (χ0) is 16.3. The number of hydrogen-bond donors (Lipinski definition) is 1. The Morgan fingerprint density at radius 3 is 2.55 bits per heavy atom. The number of ether oxygens (including phenoxy) is 1. The van der Waals surface area contributed by atoms with E-state index in [9.17, 15) is 14.7 Å².